The predicted octanol–water partition coefficient (Wildman–Crippen LogP) is 5.50. The van der Waals surface area contributed by atoms with Gasteiger partial charge >= 0.3 is 11.9 Å². The molecule has 0 aliphatic carbocycles. The quantitative estimate of drug-likeness (QED) is 0.509. The topological polar surface area (TPSA) is 105 Å². The van der Waals surface area contributed by atoms with Gasteiger partial charge in [-0.2, -0.15) is 0 Å². The van der Waals surface area contributed by atoms with Gasteiger partial charge in [-0.15, -0.1) is 0 Å². The summed E-state index contributed by atoms with van der Waals surface area (Å²) in [5.74, 6) is 0.843. The van der Waals surface area contributed by atoms with E-state index in [2.05, 4.69) is 9.97 Å². The van der Waals surface area contributed by atoms with Gasteiger partial charge in [-0.05, 0) is 50.4 Å². The summed E-state index contributed by atoms with van der Waals surface area (Å²) in [5, 5.41) is 0. The van der Waals surface area contributed by atoms with Crippen LogP contribution in [-0.2, 0) is 31.9 Å². The van der Waals surface area contributed by atoms with E-state index < -0.39 is 0 Å². The molecule has 0 N–H and O–H groups in total. The van der Waals surface area contributed by atoms with Crippen molar-refractivity contribution < 1.29 is 27.9 Å². The lowest BCUT2D eigenvalue weighted by atomic mass is 9.88. The number of nitrogens with zero attached hydrogens (tertiary/aromatic N) is 2. The molecule has 0 spiro atoms. The maximum atomic E-state index is 13.0. The van der Waals surface area contributed by atoms with Gasteiger partial charge in [0, 0.05) is 24.0 Å². The number of aromatic nitrogens is 2. The Kier molecular flexibility index (Phi) is 9.67. The van der Waals surface area contributed by atoms with Crippen molar-refractivity contribution in [2.75, 3.05) is 0 Å². The number of ether oxygens (including phenoxy) is 2. The first kappa shape index (κ1) is 27.4. The first-order valence-electron chi connectivity index (χ1n) is 12.7. The Morgan fingerprint density at radius 1 is 0.722 bits per heavy atom. The molecular weight excluding hydrogens is 460 g/mol. The molecule has 0 aromatic carbocycles. The Labute approximate surface area is 213 Å². The zero-order valence-electron chi connectivity index (χ0n) is 22.1. The number of carbonyl (C=O) groups is 2. The highest BCUT2D eigenvalue weighted by Gasteiger charge is 2.28. The zero-order chi connectivity index (χ0) is 26.2. The number of hydrogen-bond acceptors (Lipinski definition) is 8. The molecule has 0 saturated carbocycles. The summed E-state index contributed by atoms with van der Waals surface area (Å²) in [6.07, 6.45) is 11.4. The van der Waals surface area contributed by atoms with Gasteiger partial charge in [0.25, 0.3) is 0 Å². The number of hydrogen-bond donors (Lipinski definition) is 0. The summed E-state index contributed by atoms with van der Waals surface area (Å²) in [7, 11) is 0. The average Bonchev–Trinajstić information content (AvgIpc) is 3.51. The number of allylic oxidation sites excluding steroid dienone is 2. The van der Waals surface area contributed by atoms with Crippen LogP contribution in [0.25, 0.3) is 0 Å². The first-order valence-corrected chi connectivity index (χ1v) is 12.7. The third-order valence-electron chi connectivity index (χ3n) is 6.76. The Balaban J connectivity index is 1.87. The van der Waals surface area contributed by atoms with Gasteiger partial charge in [-0.3, -0.25) is 0 Å². The minimum Gasteiger partial charge on any atom is -0.458 e. The molecule has 8 nitrogen and oxygen atoms in total. The van der Waals surface area contributed by atoms with Crippen molar-refractivity contribution in [2.45, 2.75) is 79.4 Å². The monoisotopic (exact) mass is 498 g/mol. The van der Waals surface area contributed by atoms with E-state index in [1.165, 1.54) is 12.8 Å². The predicted molar refractivity (Wildman–Crippen MR) is 134 cm³/mol. The molecule has 2 aromatic heterocycles. The van der Waals surface area contributed by atoms with Crippen molar-refractivity contribution >= 4 is 11.9 Å². The lowest BCUT2D eigenvalue weighted by Crippen LogP contribution is -2.30. The molecule has 3 rings (SSSR count). The van der Waals surface area contributed by atoms with Gasteiger partial charge in [0.15, 0.2) is 12.8 Å². The highest BCUT2D eigenvalue weighted by molar-refractivity contribution is 5.88. The maximum absolute atomic E-state index is 13.0. The van der Waals surface area contributed by atoms with Crippen LogP contribution >= 0.6 is 0 Å². The fourth-order valence-corrected chi connectivity index (χ4v) is 4.86. The van der Waals surface area contributed by atoms with E-state index in [0.29, 0.717) is 48.3 Å². The largest absolute Gasteiger partial charge is 0.458 e. The Morgan fingerprint density at radius 2 is 1.11 bits per heavy atom. The second-order valence-corrected chi connectivity index (χ2v) is 10.3. The number of rotatable bonds is 4. The van der Waals surface area contributed by atoms with Crippen molar-refractivity contribution in [3.05, 3.63) is 60.0 Å². The lowest BCUT2D eigenvalue weighted by Gasteiger charge is -2.27. The minimum atomic E-state index is -0.384. The summed E-state index contributed by atoms with van der Waals surface area (Å²) in [4.78, 5) is 34.0. The third kappa shape index (κ3) is 7.93. The molecule has 1 aliphatic rings. The molecule has 196 valence electrons. The van der Waals surface area contributed by atoms with Gasteiger partial charge in [0.1, 0.15) is 23.7 Å². The normalized spacial score (nSPS) is 29.2. The summed E-state index contributed by atoms with van der Waals surface area (Å²) in [5.41, 5.74) is 1.12. The van der Waals surface area contributed by atoms with Crippen molar-refractivity contribution in [1.82, 2.24) is 9.97 Å². The van der Waals surface area contributed by atoms with Gasteiger partial charge in [0.2, 0.25) is 0 Å². The molecule has 1 aliphatic heterocycles. The van der Waals surface area contributed by atoms with Crippen molar-refractivity contribution in [2.24, 2.45) is 23.7 Å². The van der Waals surface area contributed by atoms with E-state index in [1.54, 1.807) is 26.2 Å². The van der Waals surface area contributed by atoms with Gasteiger partial charge in [-0.25, -0.2) is 19.6 Å². The van der Waals surface area contributed by atoms with Crippen LogP contribution in [0.3, 0.4) is 0 Å². The summed E-state index contributed by atoms with van der Waals surface area (Å²) in [6.45, 7) is 11.8. The van der Waals surface area contributed by atoms with Crippen LogP contribution in [0.1, 0.15) is 65.9 Å². The molecule has 0 amide bonds. The van der Waals surface area contributed by atoms with Gasteiger partial charge in [-0.1, -0.05) is 39.8 Å². The Bertz CT molecular complexity index is 956. The van der Waals surface area contributed by atoms with Crippen molar-refractivity contribution in [1.29, 1.82) is 0 Å². The highest BCUT2D eigenvalue weighted by atomic mass is 16.5. The minimum absolute atomic E-state index is 0.0199. The Hall–Kier alpha value is -3.16. The number of esters is 2. The molecule has 36 heavy (non-hydrogen) atoms. The van der Waals surface area contributed by atoms with E-state index >= 15 is 0 Å². The Morgan fingerprint density at radius 3 is 1.44 bits per heavy atom. The van der Waals surface area contributed by atoms with Crippen LogP contribution in [0.4, 0.5) is 0 Å². The SMILES string of the molecule is CC1=C[C@@H](C)C[C@@H](C)[C@@H](Cc2cnco2)OC(=O)C(C)=C[C@@H](C)C[C@@H](C)[C@@H](Cc2cnco2)OC1=O. The van der Waals surface area contributed by atoms with E-state index in [9.17, 15) is 9.59 Å². The molecule has 8 heteroatoms. The number of oxazole rings is 2. The summed E-state index contributed by atoms with van der Waals surface area (Å²) < 4.78 is 22.8. The summed E-state index contributed by atoms with van der Waals surface area (Å²) in [6, 6.07) is 0. The van der Waals surface area contributed by atoms with Crippen molar-refractivity contribution in [3.8, 4) is 0 Å². The average molecular weight is 499 g/mol. The maximum Gasteiger partial charge on any atom is 0.333 e. The molecule has 0 bridgehead atoms. The summed E-state index contributed by atoms with van der Waals surface area (Å²) >= 11 is 0. The van der Waals surface area contributed by atoms with E-state index in [1.807, 2.05) is 39.8 Å². The second kappa shape index (κ2) is 12.7. The van der Waals surface area contributed by atoms with Crippen LogP contribution in [0, 0.1) is 23.7 Å². The lowest BCUT2D eigenvalue weighted by molar-refractivity contribution is -0.147. The molecule has 0 saturated heterocycles. The zero-order valence-corrected chi connectivity index (χ0v) is 22.1. The number of carbonyl (C=O) groups excluding carboxylic acids is 2. The molecule has 6 atom stereocenters. The second-order valence-electron chi connectivity index (χ2n) is 10.3. The van der Waals surface area contributed by atoms with Crippen LogP contribution in [0.15, 0.2) is 57.3 Å². The first-order chi connectivity index (χ1) is 17.1. The molecule has 0 fully saturated rings. The third-order valence-corrected chi connectivity index (χ3v) is 6.76. The fraction of sp³-hybridized carbons (Fsp3) is 0.571. The van der Waals surface area contributed by atoms with Crippen molar-refractivity contribution in [3.63, 3.8) is 0 Å². The standard InChI is InChI=1S/C28H38N2O6/c1-17-7-19(3)25(11-23-13-29-15-33-23)35-28(32)22(6)10-18(2)8-20(4)26(12-24-14-30-16-34-24)36-27(31)21(5)9-17/h9-10,13-20,25-26H,7-8,11-12H2,1-6H3/t17-,18-,19+,20+,25+,26+/m0/s1. The molecule has 0 unspecified atom stereocenters. The smallest absolute Gasteiger partial charge is 0.333 e. The van der Waals surface area contributed by atoms with Crippen LogP contribution in [-0.4, -0.2) is 34.1 Å². The fourth-order valence-electron chi connectivity index (χ4n) is 4.86. The van der Waals surface area contributed by atoms with E-state index in [0.717, 1.165) is 0 Å². The number of cyclic esters (lactones) is 2. The van der Waals surface area contributed by atoms with Crippen LogP contribution in [0.2, 0.25) is 0 Å². The van der Waals surface area contributed by atoms with Crippen LogP contribution < -0.4 is 0 Å². The molecular formula is C28H38N2O6. The van der Waals surface area contributed by atoms with Gasteiger partial charge in [0.05, 0.1) is 12.4 Å². The molecule has 0 radical (unpaired) electrons. The molecule has 2 aromatic rings. The van der Waals surface area contributed by atoms with Gasteiger partial charge < -0.3 is 18.3 Å². The molecule has 3 heterocycles. The van der Waals surface area contributed by atoms with E-state index in [4.69, 9.17) is 18.3 Å². The van der Waals surface area contributed by atoms with Crippen LogP contribution in [0.5, 0.6) is 0 Å². The van der Waals surface area contributed by atoms with E-state index in [-0.39, 0.29) is 47.8 Å². The highest BCUT2D eigenvalue weighted by Crippen LogP contribution is 2.27.